The van der Waals surface area contributed by atoms with Crippen molar-refractivity contribution in [3.63, 3.8) is 0 Å². The van der Waals surface area contributed by atoms with Crippen molar-refractivity contribution in [2.75, 3.05) is 12.3 Å². The normalized spacial score (nSPS) is 10.8. The van der Waals surface area contributed by atoms with E-state index >= 15 is 0 Å². The van der Waals surface area contributed by atoms with E-state index in [1.807, 2.05) is 19.9 Å². The third-order valence-electron chi connectivity index (χ3n) is 2.98. The van der Waals surface area contributed by atoms with Crippen LogP contribution in [0.4, 0.5) is 0 Å². The van der Waals surface area contributed by atoms with Crippen LogP contribution in [0.5, 0.6) is 0 Å². The lowest BCUT2D eigenvalue weighted by molar-refractivity contribution is -0.118. The second-order valence-electron chi connectivity index (χ2n) is 4.60. The Morgan fingerprint density at radius 2 is 2.29 bits per heavy atom. The van der Waals surface area contributed by atoms with Crippen molar-refractivity contribution in [1.82, 2.24) is 10.5 Å². The lowest BCUT2D eigenvalue weighted by Crippen LogP contribution is -2.27. The zero-order chi connectivity index (χ0) is 15.2. The molecule has 0 spiro atoms. The lowest BCUT2D eigenvalue weighted by Gasteiger charge is -2.04. The molecule has 114 valence electrons. The maximum absolute atomic E-state index is 11.8. The van der Waals surface area contributed by atoms with E-state index in [9.17, 15) is 4.79 Å². The lowest BCUT2D eigenvalue weighted by atomic mass is 10.2. The highest BCUT2D eigenvalue weighted by molar-refractivity contribution is 9.11. The Hall–Kier alpha value is -0.790. The molecular formula is C14H17BrN2O2S2. The molecule has 0 bridgehead atoms. The first kappa shape index (κ1) is 16.6. The van der Waals surface area contributed by atoms with E-state index in [-0.39, 0.29) is 5.91 Å². The van der Waals surface area contributed by atoms with Gasteiger partial charge in [-0.2, -0.15) is 0 Å². The van der Waals surface area contributed by atoms with Gasteiger partial charge in [-0.15, -0.1) is 23.1 Å². The van der Waals surface area contributed by atoms with E-state index in [1.165, 1.54) is 4.88 Å². The smallest absolute Gasteiger partial charge is 0.230 e. The van der Waals surface area contributed by atoms with Crippen LogP contribution in [0.3, 0.4) is 0 Å². The molecule has 7 heteroatoms. The van der Waals surface area contributed by atoms with Crippen LogP contribution >= 0.6 is 39.0 Å². The summed E-state index contributed by atoms with van der Waals surface area (Å²) in [5.74, 6) is 2.12. The van der Waals surface area contributed by atoms with E-state index in [2.05, 4.69) is 32.5 Å². The van der Waals surface area contributed by atoms with Crippen LogP contribution in [0.25, 0.3) is 0 Å². The zero-order valence-electron chi connectivity index (χ0n) is 11.9. The van der Waals surface area contributed by atoms with Crippen LogP contribution in [-0.4, -0.2) is 23.4 Å². The molecule has 1 amide bonds. The first-order valence-corrected chi connectivity index (χ1v) is 9.33. The summed E-state index contributed by atoms with van der Waals surface area (Å²) in [6.07, 6.45) is 0.872. The average molecular weight is 389 g/mol. The van der Waals surface area contributed by atoms with Gasteiger partial charge in [0.25, 0.3) is 0 Å². The Morgan fingerprint density at radius 1 is 1.48 bits per heavy atom. The fraction of sp³-hybridized carbons (Fsp3) is 0.429. The summed E-state index contributed by atoms with van der Waals surface area (Å²) in [7, 11) is 0. The number of halogens is 1. The van der Waals surface area contributed by atoms with Crippen molar-refractivity contribution < 1.29 is 9.32 Å². The van der Waals surface area contributed by atoms with E-state index in [4.69, 9.17) is 4.52 Å². The molecule has 2 aromatic rings. The Bertz CT molecular complexity index is 590. The fourth-order valence-electron chi connectivity index (χ4n) is 1.82. The number of thiophene rings is 1. The Labute approximate surface area is 140 Å². The number of carbonyl (C=O) groups excluding carboxylic acids is 1. The summed E-state index contributed by atoms with van der Waals surface area (Å²) in [5.41, 5.74) is 2.00. The minimum atomic E-state index is 0.0717. The maximum atomic E-state index is 11.8. The summed E-state index contributed by atoms with van der Waals surface area (Å²) in [5, 5.41) is 6.85. The van der Waals surface area contributed by atoms with Gasteiger partial charge in [0.15, 0.2) is 0 Å². The highest BCUT2D eigenvalue weighted by atomic mass is 79.9. The molecule has 1 N–H and O–H groups in total. The van der Waals surface area contributed by atoms with Gasteiger partial charge in [0, 0.05) is 22.7 Å². The first-order chi connectivity index (χ1) is 10.1. The highest BCUT2D eigenvalue weighted by Gasteiger charge is 2.10. The number of amides is 1. The summed E-state index contributed by atoms with van der Waals surface area (Å²) < 4.78 is 6.23. The van der Waals surface area contributed by atoms with Gasteiger partial charge < -0.3 is 9.84 Å². The number of aromatic nitrogens is 1. The molecule has 2 heterocycles. The van der Waals surface area contributed by atoms with Crippen molar-refractivity contribution in [3.8, 4) is 0 Å². The largest absolute Gasteiger partial charge is 0.361 e. The minimum Gasteiger partial charge on any atom is -0.361 e. The fourth-order valence-corrected chi connectivity index (χ4v) is 4.30. The number of hydrogen-bond donors (Lipinski definition) is 1. The van der Waals surface area contributed by atoms with Gasteiger partial charge in [0.2, 0.25) is 5.91 Å². The minimum absolute atomic E-state index is 0.0717. The molecule has 0 radical (unpaired) electrons. The molecule has 0 aromatic carbocycles. The molecule has 2 aromatic heterocycles. The van der Waals surface area contributed by atoms with Gasteiger partial charge >= 0.3 is 0 Å². The van der Waals surface area contributed by atoms with E-state index in [1.54, 1.807) is 23.1 Å². The number of hydrogen-bond acceptors (Lipinski definition) is 5. The summed E-state index contributed by atoms with van der Waals surface area (Å²) >= 11 is 6.72. The molecule has 4 nitrogen and oxygen atoms in total. The molecule has 0 aliphatic heterocycles. The van der Waals surface area contributed by atoms with Crippen LogP contribution in [0.15, 0.2) is 20.4 Å². The van der Waals surface area contributed by atoms with Gasteiger partial charge in [0.05, 0.1) is 15.2 Å². The highest BCUT2D eigenvalue weighted by Crippen LogP contribution is 2.22. The average Bonchev–Trinajstić information content (AvgIpc) is 2.99. The Morgan fingerprint density at radius 3 is 2.90 bits per heavy atom. The number of nitrogens with zero attached hydrogens (tertiary/aromatic N) is 1. The van der Waals surface area contributed by atoms with Crippen molar-refractivity contribution in [2.45, 2.75) is 26.0 Å². The molecule has 0 saturated carbocycles. The van der Waals surface area contributed by atoms with Crippen LogP contribution in [-0.2, 0) is 17.0 Å². The SMILES string of the molecule is Cc1noc(C)c1CSCC(=O)NCCc1ccc(Br)s1. The number of carbonyl (C=O) groups is 1. The molecule has 0 aliphatic rings. The number of aryl methyl sites for hydroxylation is 2. The quantitative estimate of drug-likeness (QED) is 0.785. The molecular weight excluding hydrogens is 372 g/mol. The van der Waals surface area contributed by atoms with Gasteiger partial charge in [-0.05, 0) is 48.3 Å². The van der Waals surface area contributed by atoms with Crippen molar-refractivity contribution in [1.29, 1.82) is 0 Å². The van der Waals surface area contributed by atoms with Crippen molar-refractivity contribution >= 4 is 44.9 Å². The van der Waals surface area contributed by atoms with Crippen LogP contribution in [0.2, 0.25) is 0 Å². The van der Waals surface area contributed by atoms with Gasteiger partial charge in [-0.1, -0.05) is 5.16 Å². The number of nitrogens with one attached hydrogen (secondary N) is 1. The molecule has 0 aliphatic carbocycles. The summed E-state index contributed by atoms with van der Waals surface area (Å²) in [6, 6.07) is 4.11. The van der Waals surface area contributed by atoms with Gasteiger partial charge in [-0.3, -0.25) is 4.79 Å². The van der Waals surface area contributed by atoms with Crippen molar-refractivity contribution in [2.24, 2.45) is 0 Å². The predicted molar refractivity (Wildman–Crippen MR) is 90.9 cm³/mol. The van der Waals surface area contributed by atoms with Crippen LogP contribution in [0.1, 0.15) is 21.9 Å². The molecule has 0 saturated heterocycles. The first-order valence-electron chi connectivity index (χ1n) is 6.56. The number of rotatable bonds is 7. The monoisotopic (exact) mass is 388 g/mol. The molecule has 2 rings (SSSR count). The van der Waals surface area contributed by atoms with Gasteiger partial charge in [-0.25, -0.2) is 0 Å². The maximum Gasteiger partial charge on any atom is 0.230 e. The second-order valence-corrected chi connectivity index (χ2v) is 8.13. The van der Waals surface area contributed by atoms with Crippen LogP contribution in [0, 0.1) is 13.8 Å². The molecule has 0 fully saturated rings. The van der Waals surface area contributed by atoms with E-state index in [0.717, 1.165) is 33.0 Å². The predicted octanol–water partition coefficient (Wildman–Crippen LogP) is 3.71. The molecule has 0 atom stereocenters. The topological polar surface area (TPSA) is 55.1 Å². The van der Waals surface area contributed by atoms with Gasteiger partial charge in [0.1, 0.15) is 5.76 Å². The summed E-state index contributed by atoms with van der Waals surface area (Å²) in [4.78, 5) is 13.0. The molecule has 0 unspecified atom stereocenters. The molecule has 21 heavy (non-hydrogen) atoms. The Balaban J connectivity index is 1.64. The standard InChI is InChI=1S/C14H17BrN2O2S2/c1-9-12(10(2)19-17-9)7-20-8-14(18)16-6-5-11-3-4-13(15)21-11/h3-4H,5-8H2,1-2H3,(H,16,18). The van der Waals surface area contributed by atoms with E-state index in [0.29, 0.717) is 12.3 Å². The van der Waals surface area contributed by atoms with Crippen LogP contribution < -0.4 is 5.32 Å². The summed E-state index contributed by atoms with van der Waals surface area (Å²) in [6.45, 7) is 4.50. The number of thioether (sulfide) groups is 1. The second kappa shape index (κ2) is 8.00. The Kier molecular flexibility index (Phi) is 6.32. The zero-order valence-corrected chi connectivity index (χ0v) is 15.2. The van der Waals surface area contributed by atoms with E-state index < -0.39 is 0 Å². The van der Waals surface area contributed by atoms with Crippen molar-refractivity contribution in [3.05, 3.63) is 37.8 Å². The third-order valence-corrected chi connectivity index (χ3v) is 5.63. The third kappa shape index (κ3) is 5.16.